The maximum Gasteiger partial charge on any atom is 0.416 e. The molecule has 13 nitrogen and oxygen atoms in total. The number of nitrogens with two attached hydrogens (primary N) is 1. The predicted octanol–water partition coefficient (Wildman–Crippen LogP) is 7.21. The lowest BCUT2D eigenvalue weighted by atomic mass is 10.1. The zero-order chi connectivity index (χ0) is 42.7. The summed E-state index contributed by atoms with van der Waals surface area (Å²) in [7, 11) is 1.99. The number of amides is 1. The molecule has 59 heavy (non-hydrogen) atoms. The number of hydrogen-bond donors (Lipinski definition) is 2. The highest BCUT2D eigenvalue weighted by atomic mass is 19.4. The maximum atomic E-state index is 13.6. The molecule has 0 spiro atoms. The average molecular weight is 826 g/mol. The van der Waals surface area contributed by atoms with Gasteiger partial charge in [-0.25, -0.2) is 0 Å². The lowest BCUT2D eigenvalue weighted by molar-refractivity contribution is -0.156. The van der Waals surface area contributed by atoms with Crippen LogP contribution in [-0.4, -0.2) is 106 Å². The summed E-state index contributed by atoms with van der Waals surface area (Å²) >= 11 is 0. The third-order valence-electron chi connectivity index (χ3n) is 8.90. The average Bonchev–Trinajstić information content (AvgIpc) is 3.18. The first kappa shape index (κ1) is 46.8. The molecule has 0 aliphatic carbocycles. The van der Waals surface area contributed by atoms with Crippen molar-refractivity contribution in [2.24, 2.45) is 15.7 Å². The fourth-order valence-corrected chi connectivity index (χ4v) is 6.02. The quantitative estimate of drug-likeness (QED) is 0.0458. The third-order valence-corrected chi connectivity index (χ3v) is 8.90. The number of anilines is 2. The van der Waals surface area contributed by atoms with E-state index in [4.69, 9.17) is 29.7 Å². The number of amidine groups is 1. The van der Waals surface area contributed by atoms with E-state index < -0.39 is 23.2 Å². The number of likely N-dealkylation sites (N-methyl/N-ethyl adjacent to an activating group) is 1. The molecule has 0 atom stereocenters. The standard InChI is InChI=1S/C43H58F3N7O6/c1-42(2,3)59-40(54)17-22-56-24-26-58-27-25-57-23-21-52(4)31-35-13-9-12-34(50-35)30-49-38-15-14-36(53-19-6-5-7-20-53)29-37(38)41(55)51-39(47)16-18-48-33-11-8-10-32(28-33)43(44,45)46/h8-15,18,28-29,49H,5-7,16-17,19-27,30-31H2,1-4H3,(H2,47,51,55). The zero-order valence-corrected chi connectivity index (χ0v) is 34.6. The van der Waals surface area contributed by atoms with Gasteiger partial charge in [0.25, 0.3) is 5.91 Å². The number of aliphatic imine (C=N–C) groups is 2. The first-order valence-corrected chi connectivity index (χ1v) is 19.9. The number of carbonyl (C=O) groups excluding carboxylic acids is 2. The Hall–Kier alpha value is -4.90. The number of esters is 1. The van der Waals surface area contributed by atoms with E-state index in [2.05, 4.69) is 25.1 Å². The molecule has 0 bridgehead atoms. The normalized spacial score (nSPS) is 14.0. The Balaban J connectivity index is 1.24. The largest absolute Gasteiger partial charge is 0.460 e. The Morgan fingerprint density at radius 2 is 1.58 bits per heavy atom. The molecular formula is C43H58F3N7O6. The highest BCUT2D eigenvalue weighted by molar-refractivity contribution is 6.08. The molecule has 0 radical (unpaired) electrons. The van der Waals surface area contributed by atoms with Crippen LogP contribution in [0, 0.1) is 0 Å². The number of rotatable bonds is 22. The summed E-state index contributed by atoms with van der Waals surface area (Å²) in [6, 6.07) is 16.1. The van der Waals surface area contributed by atoms with Crippen molar-refractivity contribution in [1.82, 2.24) is 9.88 Å². The van der Waals surface area contributed by atoms with Crippen molar-refractivity contribution in [3.63, 3.8) is 0 Å². The van der Waals surface area contributed by atoms with Gasteiger partial charge in [0, 0.05) is 50.2 Å². The minimum atomic E-state index is -4.48. The lowest BCUT2D eigenvalue weighted by Gasteiger charge is -2.29. The minimum absolute atomic E-state index is 0.0207. The number of hydrogen-bond acceptors (Lipinski definition) is 11. The fraction of sp³-hybridized carbons (Fsp3) is 0.512. The number of alkyl halides is 3. The van der Waals surface area contributed by atoms with E-state index in [0.717, 1.165) is 61.6 Å². The van der Waals surface area contributed by atoms with Crippen LogP contribution < -0.4 is 16.0 Å². The summed E-state index contributed by atoms with van der Waals surface area (Å²) in [6.07, 6.45) is 0.322. The number of nitrogens with zero attached hydrogens (tertiary/aromatic N) is 5. The van der Waals surface area contributed by atoms with Crippen molar-refractivity contribution >= 4 is 41.0 Å². The highest BCUT2D eigenvalue weighted by Crippen LogP contribution is 2.31. The van der Waals surface area contributed by atoms with Crippen molar-refractivity contribution in [2.75, 3.05) is 76.5 Å². The van der Waals surface area contributed by atoms with Gasteiger partial charge in [-0.2, -0.15) is 18.2 Å². The summed E-state index contributed by atoms with van der Waals surface area (Å²) in [5.74, 6) is -0.853. The summed E-state index contributed by atoms with van der Waals surface area (Å²) < 4.78 is 61.2. The number of pyridine rings is 1. The highest BCUT2D eigenvalue weighted by Gasteiger charge is 2.30. The van der Waals surface area contributed by atoms with E-state index >= 15 is 0 Å². The molecule has 0 saturated carbocycles. The number of halogens is 3. The maximum absolute atomic E-state index is 13.6. The molecule has 1 fully saturated rings. The van der Waals surface area contributed by atoms with Gasteiger partial charge in [0.15, 0.2) is 0 Å². The predicted molar refractivity (Wildman–Crippen MR) is 223 cm³/mol. The molecule has 2 heterocycles. The second-order valence-electron chi connectivity index (χ2n) is 15.1. The van der Waals surface area contributed by atoms with Gasteiger partial charge in [0.1, 0.15) is 11.4 Å². The summed E-state index contributed by atoms with van der Waals surface area (Å²) in [5.41, 5.74) is 8.40. The van der Waals surface area contributed by atoms with E-state index in [9.17, 15) is 22.8 Å². The van der Waals surface area contributed by atoms with Crippen LogP contribution in [0.25, 0.3) is 0 Å². The number of piperidine rings is 1. The molecule has 1 aliphatic rings. The first-order chi connectivity index (χ1) is 28.2. The molecule has 4 rings (SSSR count). The monoisotopic (exact) mass is 825 g/mol. The molecule has 322 valence electrons. The van der Waals surface area contributed by atoms with Crippen LogP contribution in [0.15, 0.2) is 70.6 Å². The van der Waals surface area contributed by atoms with Gasteiger partial charge in [-0.05, 0) is 95.6 Å². The third kappa shape index (κ3) is 17.9. The molecule has 1 aromatic heterocycles. The van der Waals surface area contributed by atoms with Crippen LogP contribution in [0.4, 0.5) is 30.2 Å². The molecule has 1 amide bonds. The number of carbonyl (C=O) groups is 2. The van der Waals surface area contributed by atoms with Crippen LogP contribution in [0.3, 0.4) is 0 Å². The van der Waals surface area contributed by atoms with Gasteiger partial charge >= 0.3 is 12.1 Å². The van der Waals surface area contributed by atoms with Crippen LogP contribution in [0.2, 0.25) is 0 Å². The number of benzene rings is 2. The van der Waals surface area contributed by atoms with E-state index in [-0.39, 0.29) is 36.9 Å². The molecule has 1 saturated heterocycles. The topological polar surface area (TPSA) is 153 Å². The molecule has 0 unspecified atom stereocenters. The van der Waals surface area contributed by atoms with Gasteiger partial charge in [-0.3, -0.25) is 24.5 Å². The van der Waals surface area contributed by atoms with Crippen LogP contribution in [0.5, 0.6) is 0 Å². The van der Waals surface area contributed by atoms with Crippen LogP contribution >= 0.6 is 0 Å². The van der Waals surface area contributed by atoms with Crippen LogP contribution in [-0.2, 0) is 43.0 Å². The summed E-state index contributed by atoms with van der Waals surface area (Å²) in [5, 5.41) is 3.36. The molecule has 2 aromatic carbocycles. The van der Waals surface area contributed by atoms with Crippen LogP contribution in [0.1, 0.15) is 80.2 Å². The Morgan fingerprint density at radius 3 is 2.29 bits per heavy atom. The lowest BCUT2D eigenvalue weighted by Crippen LogP contribution is -2.29. The molecule has 16 heteroatoms. The van der Waals surface area contributed by atoms with E-state index in [1.165, 1.54) is 18.3 Å². The number of aromatic nitrogens is 1. The van der Waals surface area contributed by atoms with E-state index in [0.29, 0.717) is 63.9 Å². The van der Waals surface area contributed by atoms with Crippen molar-refractivity contribution in [3.05, 3.63) is 83.2 Å². The van der Waals surface area contributed by atoms with Crippen molar-refractivity contribution in [1.29, 1.82) is 0 Å². The molecule has 1 aliphatic heterocycles. The van der Waals surface area contributed by atoms with Crippen molar-refractivity contribution < 1.29 is 41.7 Å². The molecule has 3 aromatic rings. The Morgan fingerprint density at radius 1 is 0.898 bits per heavy atom. The van der Waals surface area contributed by atoms with E-state index in [1.807, 2.05) is 64.2 Å². The Bertz CT molecular complexity index is 1840. The van der Waals surface area contributed by atoms with E-state index in [1.54, 1.807) is 0 Å². The molecule has 3 N–H and O–H groups in total. The minimum Gasteiger partial charge on any atom is -0.460 e. The Kier molecular flexibility index (Phi) is 18.7. The number of nitrogens with one attached hydrogen (secondary N) is 1. The fourth-order valence-electron chi connectivity index (χ4n) is 6.02. The van der Waals surface area contributed by atoms with Gasteiger partial charge in [-0.15, -0.1) is 0 Å². The molecular weight excluding hydrogens is 768 g/mol. The number of ether oxygens (including phenoxy) is 4. The Labute approximate surface area is 345 Å². The van der Waals surface area contributed by atoms with Crippen molar-refractivity contribution in [3.8, 4) is 0 Å². The second-order valence-corrected chi connectivity index (χ2v) is 15.1. The zero-order valence-electron chi connectivity index (χ0n) is 34.6. The van der Waals surface area contributed by atoms with Crippen molar-refractivity contribution in [2.45, 2.75) is 77.7 Å². The SMILES string of the molecule is CN(CCOCCOCCOCCC(=O)OC(C)(C)C)Cc1cccc(CNc2ccc(N3CCCCC3)cc2C(=O)N=C(N)CC=Nc2cccc(C(F)(F)F)c2)n1. The van der Waals surface area contributed by atoms with Gasteiger partial charge < -0.3 is 34.9 Å². The smallest absolute Gasteiger partial charge is 0.416 e. The summed E-state index contributed by atoms with van der Waals surface area (Å²) in [6.45, 7) is 11.4. The van der Waals surface area contributed by atoms with Gasteiger partial charge in [0.2, 0.25) is 0 Å². The van der Waals surface area contributed by atoms with Gasteiger partial charge in [0.05, 0.1) is 80.8 Å². The second kappa shape index (κ2) is 23.6. The first-order valence-electron chi connectivity index (χ1n) is 19.9. The summed E-state index contributed by atoms with van der Waals surface area (Å²) in [4.78, 5) is 42.7. The van der Waals surface area contributed by atoms with Gasteiger partial charge in [-0.1, -0.05) is 12.1 Å².